The first kappa shape index (κ1) is 12.0. The SMILES string of the molecule is COc1c(I)cc(CC(N)=O)cc1I. The van der Waals surface area contributed by atoms with Gasteiger partial charge in [0.15, 0.2) is 0 Å². The molecule has 2 N–H and O–H groups in total. The molecule has 76 valence electrons. The van der Waals surface area contributed by atoms with Crippen molar-refractivity contribution >= 4 is 51.1 Å². The van der Waals surface area contributed by atoms with Crippen LogP contribution in [0.25, 0.3) is 0 Å². The maximum atomic E-state index is 10.7. The maximum Gasteiger partial charge on any atom is 0.221 e. The largest absolute Gasteiger partial charge is 0.495 e. The van der Waals surface area contributed by atoms with Gasteiger partial charge in [0.2, 0.25) is 5.91 Å². The highest BCUT2D eigenvalue weighted by Gasteiger charge is 2.08. The van der Waals surface area contributed by atoms with Crippen molar-refractivity contribution in [3.05, 3.63) is 24.8 Å². The first-order valence-electron chi connectivity index (χ1n) is 3.84. The molecule has 0 unspecified atom stereocenters. The summed E-state index contributed by atoms with van der Waals surface area (Å²) in [6.45, 7) is 0. The molecule has 1 aromatic carbocycles. The number of benzene rings is 1. The van der Waals surface area contributed by atoms with E-state index >= 15 is 0 Å². The Labute approximate surface area is 110 Å². The molecule has 0 saturated heterocycles. The fraction of sp³-hybridized carbons (Fsp3) is 0.222. The molecule has 0 atom stereocenters. The van der Waals surface area contributed by atoms with Crippen molar-refractivity contribution in [2.24, 2.45) is 5.73 Å². The first-order valence-corrected chi connectivity index (χ1v) is 6.00. The molecule has 0 aliphatic carbocycles. The lowest BCUT2D eigenvalue weighted by Gasteiger charge is -2.08. The van der Waals surface area contributed by atoms with Crippen LogP contribution in [0.4, 0.5) is 0 Å². The van der Waals surface area contributed by atoms with Crippen molar-refractivity contribution in [3.63, 3.8) is 0 Å². The van der Waals surface area contributed by atoms with E-state index in [1.807, 2.05) is 12.1 Å². The Hall–Kier alpha value is -0.0500. The summed E-state index contributed by atoms with van der Waals surface area (Å²) in [7, 11) is 1.63. The number of hydrogen-bond acceptors (Lipinski definition) is 2. The standard InChI is InChI=1S/C9H9I2NO2/c1-14-9-6(10)2-5(3-7(9)11)4-8(12)13/h2-3H,4H2,1H3,(H2,12,13). The van der Waals surface area contributed by atoms with Gasteiger partial charge in [0.1, 0.15) is 5.75 Å². The second-order valence-corrected chi connectivity index (χ2v) is 5.06. The van der Waals surface area contributed by atoms with Crippen LogP contribution in [0.5, 0.6) is 5.75 Å². The Balaban J connectivity index is 3.07. The van der Waals surface area contributed by atoms with E-state index in [4.69, 9.17) is 10.5 Å². The number of rotatable bonds is 3. The molecule has 3 nitrogen and oxygen atoms in total. The smallest absolute Gasteiger partial charge is 0.221 e. The quantitative estimate of drug-likeness (QED) is 0.765. The third kappa shape index (κ3) is 2.97. The van der Waals surface area contributed by atoms with Gasteiger partial charge in [-0.2, -0.15) is 0 Å². The normalized spacial score (nSPS) is 9.93. The fourth-order valence-electron chi connectivity index (χ4n) is 1.11. The van der Waals surface area contributed by atoms with Crippen molar-refractivity contribution in [2.75, 3.05) is 7.11 Å². The highest BCUT2D eigenvalue weighted by atomic mass is 127. The van der Waals surface area contributed by atoms with Gasteiger partial charge in [0, 0.05) is 0 Å². The van der Waals surface area contributed by atoms with Crippen LogP contribution >= 0.6 is 45.2 Å². The summed E-state index contributed by atoms with van der Waals surface area (Å²) in [4.78, 5) is 10.7. The number of halogens is 2. The van der Waals surface area contributed by atoms with Crippen LogP contribution in [0.15, 0.2) is 12.1 Å². The molecule has 0 aliphatic rings. The summed E-state index contributed by atoms with van der Waals surface area (Å²) in [5.74, 6) is 0.529. The van der Waals surface area contributed by atoms with Gasteiger partial charge < -0.3 is 10.5 Å². The number of ether oxygens (including phenoxy) is 1. The third-order valence-corrected chi connectivity index (χ3v) is 3.24. The Morgan fingerprint density at radius 3 is 2.29 bits per heavy atom. The summed E-state index contributed by atoms with van der Waals surface area (Å²) >= 11 is 4.35. The molecular formula is C9H9I2NO2. The minimum Gasteiger partial charge on any atom is -0.495 e. The summed E-state index contributed by atoms with van der Waals surface area (Å²) in [5, 5.41) is 0. The Bertz CT molecular complexity index is 343. The Kier molecular flexibility index (Phi) is 4.42. The molecule has 0 spiro atoms. The van der Waals surface area contributed by atoms with E-state index in [9.17, 15) is 4.79 Å². The summed E-state index contributed by atoms with van der Waals surface area (Å²) in [6, 6.07) is 3.82. The van der Waals surface area contributed by atoms with Crippen LogP contribution in [0.3, 0.4) is 0 Å². The zero-order chi connectivity index (χ0) is 10.7. The molecule has 14 heavy (non-hydrogen) atoms. The van der Waals surface area contributed by atoms with Gasteiger partial charge in [-0.25, -0.2) is 0 Å². The topological polar surface area (TPSA) is 52.3 Å². The van der Waals surface area contributed by atoms with E-state index < -0.39 is 0 Å². The molecule has 1 aromatic rings. The predicted molar refractivity (Wildman–Crippen MR) is 71.3 cm³/mol. The molecule has 0 bridgehead atoms. The lowest BCUT2D eigenvalue weighted by Crippen LogP contribution is -2.13. The second-order valence-electron chi connectivity index (χ2n) is 2.74. The van der Waals surface area contributed by atoms with Crippen molar-refractivity contribution in [2.45, 2.75) is 6.42 Å². The Morgan fingerprint density at radius 1 is 1.43 bits per heavy atom. The van der Waals surface area contributed by atoms with Gasteiger partial charge in [0.05, 0.1) is 20.7 Å². The van der Waals surface area contributed by atoms with Crippen molar-refractivity contribution < 1.29 is 9.53 Å². The average molecular weight is 417 g/mol. The summed E-state index contributed by atoms with van der Waals surface area (Å²) < 4.78 is 7.19. The number of primary amides is 1. The molecule has 5 heteroatoms. The van der Waals surface area contributed by atoms with Crippen LogP contribution in [-0.4, -0.2) is 13.0 Å². The highest BCUT2D eigenvalue weighted by molar-refractivity contribution is 14.1. The number of carbonyl (C=O) groups excluding carboxylic acids is 1. The summed E-state index contributed by atoms with van der Waals surface area (Å²) in [5.41, 5.74) is 6.04. The second kappa shape index (κ2) is 5.15. The maximum absolute atomic E-state index is 10.7. The fourth-order valence-corrected chi connectivity index (χ4v) is 3.45. The van der Waals surface area contributed by atoms with Gasteiger partial charge in [-0.1, -0.05) is 0 Å². The van der Waals surface area contributed by atoms with Crippen molar-refractivity contribution in [1.29, 1.82) is 0 Å². The van der Waals surface area contributed by atoms with Gasteiger partial charge >= 0.3 is 0 Å². The molecule has 0 aliphatic heterocycles. The van der Waals surface area contributed by atoms with Crippen LogP contribution in [0.1, 0.15) is 5.56 Å². The molecule has 0 radical (unpaired) electrons. The minimum atomic E-state index is -0.318. The molecule has 1 amide bonds. The van der Waals surface area contributed by atoms with Gasteiger partial charge in [-0.15, -0.1) is 0 Å². The lowest BCUT2D eigenvalue weighted by molar-refractivity contribution is -0.117. The van der Waals surface area contributed by atoms with Crippen LogP contribution in [0.2, 0.25) is 0 Å². The van der Waals surface area contributed by atoms with E-state index in [2.05, 4.69) is 45.2 Å². The zero-order valence-electron chi connectivity index (χ0n) is 7.51. The van der Waals surface area contributed by atoms with Crippen LogP contribution in [-0.2, 0) is 11.2 Å². The highest BCUT2D eigenvalue weighted by Crippen LogP contribution is 2.28. The van der Waals surface area contributed by atoms with Gasteiger partial charge in [-0.3, -0.25) is 4.79 Å². The number of nitrogens with two attached hydrogens (primary N) is 1. The number of hydrogen-bond donors (Lipinski definition) is 1. The monoisotopic (exact) mass is 417 g/mol. The van der Waals surface area contributed by atoms with E-state index in [1.165, 1.54) is 0 Å². The molecule has 0 fully saturated rings. The van der Waals surface area contributed by atoms with E-state index in [-0.39, 0.29) is 12.3 Å². The molecular weight excluding hydrogens is 408 g/mol. The molecule has 0 saturated carbocycles. The zero-order valence-corrected chi connectivity index (χ0v) is 11.8. The van der Waals surface area contributed by atoms with Crippen molar-refractivity contribution in [1.82, 2.24) is 0 Å². The minimum absolute atomic E-state index is 0.274. The van der Waals surface area contributed by atoms with E-state index in [1.54, 1.807) is 7.11 Å². The number of carbonyl (C=O) groups is 1. The van der Waals surface area contributed by atoms with Gasteiger partial charge in [-0.05, 0) is 62.9 Å². The molecule has 0 aromatic heterocycles. The third-order valence-electron chi connectivity index (χ3n) is 1.64. The van der Waals surface area contributed by atoms with E-state index in [0.717, 1.165) is 18.5 Å². The van der Waals surface area contributed by atoms with Gasteiger partial charge in [0.25, 0.3) is 0 Å². The van der Waals surface area contributed by atoms with Crippen molar-refractivity contribution in [3.8, 4) is 5.75 Å². The Morgan fingerprint density at radius 2 is 1.93 bits per heavy atom. The molecule has 0 heterocycles. The van der Waals surface area contributed by atoms with Crippen LogP contribution in [0, 0.1) is 7.14 Å². The lowest BCUT2D eigenvalue weighted by atomic mass is 10.1. The molecule has 1 rings (SSSR count). The number of methoxy groups -OCH3 is 1. The van der Waals surface area contributed by atoms with Crippen LogP contribution < -0.4 is 10.5 Å². The first-order chi connectivity index (χ1) is 6.54. The van der Waals surface area contributed by atoms with E-state index in [0.29, 0.717) is 0 Å². The predicted octanol–water partition coefficient (Wildman–Crippen LogP) is 1.93. The number of amides is 1. The average Bonchev–Trinajstić information content (AvgIpc) is 2.01. The summed E-state index contributed by atoms with van der Waals surface area (Å²) in [6.07, 6.45) is 0.274.